The predicted octanol–water partition coefficient (Wildman–Crippen LogP) is 2.09. The fourth-order valence-electron chi connectivity index (χ4n) is 1.70. The maximum absolute atomic E-state index is 11.4. The fraction of sp³-hybridized carbons (Fsp3) is 0.200. The molecule has 72 valence electrons. The number of ketones is 1. The van der Waals surface area contributed by atoms with Gasteiger partial charge in [-0.05, 0) is 17.7 Å². The lowest BCUT2D eigenvalue weighted by atomic mass is 10.0. The van der Waals surface area contributed by atoms with Crippen molar-refractivity contribution in [3.05, 3.63) is 34.3 Å². The molecule has 1 aliphatic rings. The van der Waals surface area contributed by atoms with Gasteiger partial charge in [-0.3, -0.25) is 9.59 Å². The van der Waals surface area contributed by atoms with Gasteiger partial charge in [0.05, 0.1) is 5.92 Å². The van der Waals surface area contributed by atoms with Gasteiger partial charge in [0.1, 0.15) is 0 Å². The highest BCUT2D eigenvalue weighted by Gasteiger charge is 2.34. The molecule has 1 N–H and O–H groups in total. The molecular weight excluding hydrogens is 204 g/mol. The first-order chi connectivity index (χ1) is 6.59. The molecule has 2 rings (SSSR count). The Labute approximate surface area is 85.3 Å². The van der Waals surface area contributed by atoms with Gasteiger partial charge < -0.3 is 5.11 Å². The Bertz CT molecular complexity index is 425. The molecule has 4 heteroatoms. The lowest BCUT2D eigenvalue weighted by molar-refractivity contribution is -0.138. The molecule has 0 fully saturated rings. The first kappa shape index (κ1) is 9.21. The van der Waals surface area contributed by atoms with E-state index in [1.54, 1.807) is 12.1 Å². The summed E-state index contributed by atoms with van der Waals surface area (Å²) in [7, 11) is 0. The van der Waals surface area contributed by atoms with Crippen molar-refractivity contribution in [1.82, 2.24) is 0 Å². The number of halogens is 1. The first-order valence-corrected chi connectivity index (χ1v) is 4.53. The minimum absolute atomic E-state index is 0.0466. The second-order valence-corrected chi connectivity index (χ2v) is 3.69. The van der Waals surface area contributed by atoms with Gasteiger partial charge in [0.25, 0.3) is 0 Å². The molecule has 14 heavy (non-hydrogen) atoms. The number of carboxylic acids is 1. The van der Waals surface area contributed by atoms with E-state index < -0.39 is 11.9 Å². The lowest BCUT2D eigenvalue weighted by Gasteiger charge is -2.03. The summed E-state index contributed by atoms with van der Waals surface area (Å²) >= 11 is 5.72. The molecule has 1 atom stereocenters. The molecule has 0 heterocycles. The zero-order valence-electron chi connectivity index (χ0n) is 7.16. The summed E-state index contributed by atoms with van der Waals surface area (Å²) in [4.78, 5) is 22.2. The van der Waals surface area contributed by atoms with Gasteiger partial charge in [-0.25, -0.2) is 0 Å². The summed E-state index contributed by atoms with van der Waals surface area (Å²) in [6.45, 7) is 0. The Morgan fingerprint density at radius 3 is 2.86 bits per heavy atom. The SMILES string of the molecule is O=C1C[C@@H](C(=O)O)c2ccc(Cl)cc21. The largest absolute Gasteiger partial charge is 0.481 e. The van der Waals surface area contributed by atoms with Crippen molar-refractivity contribution in [3.8, 4) is 0 Å². The molecule has 0 unspecified atom stereocenters. The van der Waals surface area contributed by atoms with Crippen LogP contribution in [0.1, 0.15) is 28.3 Å². The number of carbonyl (C=O) groups is 2. The molecule has 0 amide bonds. The van der Waals surface area contributed by atoms with E-state index in [1.165, 1.54) is 6.07 Å². The molecule has 0 spiro atoms. The van der Waals surface area contributed by atoms with Crippen molar-refractivity contribution in [2.45, 2.75) is 12.3 Å². The van der Waals surface area contributed by atoms with Crippen LogP contribution in [-0.2, 0) is 4.79 Å². The maximum Gasteiger partial charge on any atom is 0.311 e. The van der Waals surface area contributed by atoms with Crippen LogP contribution in [0.5, 0.6) is 0 Å². The topological polar surface area (TPSA) is 54.4 Å². The van der Waals surface area contributed by atoms with Crippen LogP contribution in [0.3, 0.4) is 0 Å². The lowest BCUT2D eigenvalue weighted by Crippen LogP contribution is -2.08. The Morgan fingerprint density at radius 2 is 2.21 bits per heavy atom. The Kier molecular flexibility index (Phi) is 2.04. The summed E-state index contributed by atoms with van der Waals surface area (Å²) in [6, 6.07) is 4.75. The van der Waals surface area contributed by atoms with E-state index in [-0.39, 0.29) is 12.2 Å². The normalized spacial score (nSPS) is 19.5. The number of Topliss-reactive ketones (excluding diaryl/α,β-unsaturated/α-hetero) is 1. The van der Waals surface area contributed by atoms with Gasteiger partial charge in [0.2, 0.25) is 0 Å². The zero-order chi connectivity index (χ0) is 10.3. The summed E-state index contributed by atoms with van der Waals surface area (Å²) in [5.74, 6) is -1.80. The third kappa shape index (κ3) is 1.30. The number of carbonyl (C=O) groups excluding carboxylic acids is 1. The number of hydrogen-bond acceptors (Lipinski definition) is 2. The van der Waals surface area contributed by atoms with Crippen molar-refractivity contribution in [3.63, 3.8) is 0 Å². The predicted molar refractivity (Wildman–Crippen MR) is 50.8 cm³/mol. The first-order valence-electron chi connectivity index (χ1n) is 4.15. The molecule has 1 aromatic rings. The minimum Gasteiger partial charge on any atom is -0.481 e. The second-order valence-electron chi connectivity index (χ2n) is 3.25. The molecular formula is C10H7ClO3. The Hall–Kier alpha value is -1.35. The number of fused-ring (bicyclic) bond motifs is 1. The van der Waals surface area contributed by atoms with Gasteiger partial charge in [-0.15, -0.1) is 0 Å². The fourth-order valence-corrected chi connectivity index (χ4v) is 1.87. The second kappa shape index (κ2) is 3.10. The highest BCUT2D eigenvalue weighted by atomic mass is 35.5. The molecule has 0 saturated carbocycles. The number of aliphatic carboxylic acids is 1. The summed E-state index contributed by atoms with van der Waals surface area (Å²) in [5, 5.41) is 9.32. The smallest absolute Gasteiger partial charge is 0.311 e. The molecule has 1 aromatic carbocycles. The van der Waals surface area contributed by atoms with E-state index >= 15 is 0 Å². The quantitative estimate of drug-likeness (QED) is 0.772. The van der Waals surface area contributed by atoms with Crippen LogP contribution < -0.4 is 0 Å². The number of benzene rings is 1. The Morgan fingerprint density at radius 1 is 1.50 bits per heavy atom. The van der Waals surface area contributed by atoms with Crippen molar-refractivity contribution in [2.24, 2.45) is 0 Å². The monoisotopic (exact) mass is 210 g/mol. The average Bonchev–Trinajstić information content (AvgIpc) is 2.44. The van der Waals surface area contributed by atoms with Crippen molar-refractivity contribution < 1.29 is 14.7 Å². The molecule has 0 aromatic heterocycles. The van der Waals surface area contributed by atoms with Crippen molar-refractivity contribution >= 4 is 23.4 Å². The molecule has 3 nitrogen and oxygen atoms in total. The highest BCUT2D eigenvalue weighted by molar-refractivity contribution is 6.31. The molecule has 1 aliphatic carbocycles. The van der Waals surface area contributed by atoms with Crippen LogP contribution >= 0.6 is 11.6 Å². The molecule has 0 saturated heterocycles. The third-order valence-corrected chi connectivity index (χ3v) is 2.61. The number of hydrogen-bond donors (Lipinski definition) is 1. The van der Waals surface area contributed by atoms with E-state index in [4.69, 9.17) is 16.7 Å². The summed E-state index contributed by atoms with van der Waals surface area (Å²) in [6.07, 6.45) is 0.0466. The van der Waals surface area contributed by atoms with Crippen LogP contribution in [0.25, 0.3) is 0 Å². The van der Waals surface area contributed by atoms with E-state index in [1.807, 2.05) is 0 Å². The van der Waals surface area contributed by atoms with E-state index in [9.17, 15) is 9.59 Å². The van der Waals surface area contributed by atoms with Gasteiger partial charge in [-0.1, -0.05) is 17.7 Å². The standard InChI is InChI=1S/C10H7ClO3/c11-5-1-2-6-7(3-5)9(12)4-8(6)10(13)14/h1-3,8H,4H2,(H,13,14)/t8-/m1/s1. The van der Waals surface area contributed by atoms with Gasteiger partial charge >= 0.3 is 5.97 Å². The third-order valence-electron chi connectivity index (χ3n) is 2.38. The van der Waals surface area contributed by atoms with E-state index in [2.05, 4.69) is 0 Å². The van der Waals surface area contributed by atoms with Crippen LogP contribution in [0.2, 0.25) is 5.02 Å². The van der Waals surface area contributed by atoms with Crippen molar-refractivity contribution in [1.29, 1.82) is 0 Å². The van der Waals surface area contributed by atoms with Gasteiger partial charge in [0.15, 0.2) is 5.78 Å². The van der Waals surface area contributed by atoms with Crippen LogP contribution in [0.15, 0.2) is 18.2 Å². The van der Waals surface area contributed by atoms with Gasteiger partial charge in [0, 0.05) is 17.0 Å². The average molecular weight is 211 g/mol. The van der Waals surface area contributed by atoms with Gasteiger partial charge in [-0.2, -0.15) is 0 Å². The highest BCUT2D eigenvalue weighted by Crippen LogP contribution is 2.34. The van der Waals surface area contributed by atoms with Crippen molar-refractivity contribution in [2.75, 3.05) is 0 Å². The maximum atomic E-state index is 11.4. The van der Waals surface area contributed by atoms with E-state index in [0.29, 0.717) is 16.1 Å². The van der Waals surface area contributed by atoms with Crippen LogP contribution in [0.4, 0.5) is 0 Å². The number of rotatable bonds is 1. The summed E-state index contributed by atoms with van der Waals surface area (Å²) in [5.41, 5.74) is 1.02. The zero-order valence-corrected chi connectivity index (χ0v) is 7.91. The minimum atomic E-state index is -0.959. The van der Waals surface area contributed by atoms with E-state index in [0.717, 1.165) is 0 Å². The summed E-state index contributed by atoms with van der Waals surface area (Å²) < 4.78 is 0. The van der Waals surface area contributed by atoms with Crippen LogP contribution in [0, 0.1) is 0 Å². The Balaban J connectivity index is 2.55. The molecule has 0 radical (unpaired) electrons. The molecule has 0 aliphatic heterocycles. The number of carboxylic acid groups (broad SMARTS) is 1. The van der Waals surface area contributed by atoms with Crippen LogP contribution in [-0.4, -0.2) is 16.9 Å². The molecule has 0 bridgehead atoms.